The summed E-state index contributed by atoms with van der Waals surface area (Å²) in [6.45, 7) is 0. The van der Waals surface area contributed by atoms with E-state index in [0.29, 0.717) is 0 Å². The molecule has 0 aromatic carbocycles. The van der Waals surface area contributed by atoms with E-state index >= 15 is 0 Å². The molecule has 0 radical (unpaired) electrons. The van der Waals surface area contributed by atoms with Crippen LogP contribution in [0.3, 0.4) is 0 Å². The summed E-state index contributed by atoms with van der Waals surface area (Å²) < 4.78 is 23.8. The van der Waals surface area contributed by atoms with Gasteiger partial charge in [0.2, 0.25) is 0 Å². The number of anilines is 1. The highest BCUT2D eigenvalue weighted by Crippen LogP contribution is 2.17. The lowest BCUT2D eigenvalue weighted by molar-refractivity contribution is 0.140. The topological polar surface area (TPSA) is 51.8 Å². The average Bonchev–Trinajstić information content (AvgIpc) is 1.85. The Bertz CT molecular complexity index is 246. The van der Waals surface area contributed by atoms with Gasteiger partial charge in [0.05, 0.1) is 0 Å². The van der Waals surface area contributed by atoms with Gasteiger partial charge in [-0.15, -0.1) is 0 Å². The van der Waals surface area contributed by atoms with Gasteiger partial charge in [-0.1, -0.05) is 11.6 Å². The van der Waals surface area contributed by atoms with E-state index in [2.05, 4.69) is 9.97 Å². The molecule has 11 heavy (non-hydrogen) atoms. The van der Waals surface area contributed by atoms with Crippen LogP contribution in [0, 0.1) is 0 Å². The maximum absolute atomic E-state index is 11.9. The van der Waals surface area contributed by atoms with Crippen molar-refractivity contribution in [2.75, 3.05) is 5.73 Å². The van der Waals surface area contributed by atoms with Crippen molar-refractivity contribution in [3.8, 4) is 0 Å². The molecule has 3 nitrogen and oxygen atoms in total. The summed E-state index contributed by atoms with van der Waals surface area (Å²) in [6, 6.07) is 1.20. The molecule has 1 heterocycles. The first-order chi connectivity index (χ1) is 5.09. The highest BCUT2D eigenvalue weighted by molar-refractivity contribution is 6.29. The third-order valence-corrected chi connectivity index (χ3v) is 1.12. The number of aromatic nitrogens is 2. The van der Waals surface area contributed by atoms with Crippen molar-refractivity contribution in [1.29, 1.82) is 0 Å². The van der Waals surface area contributed by atoms with Crippen LogP contribution in [-0.2, 0) is 0 Å². The Morgan fingerprint density at radius 2 is 2.09 bits per heavy atom. The van der Waals surface area contributed by atoms with E-state index in [1.54, 1.807) is 0 Å². The maximum atomic E-state index is 11.9. The molecule has 1 aromatic rings. The second-order valence-electron chi connectivity index (χ2n) is 1.77. The number of halogens is 3. The first-order valence-corrected chi connectivity index (χ1v) is 3.05. The van der Waals surface area contributed by atoms with E-state index in [1.165, 1.54) is 6.07 Å². The lowest BCUT2D eigenvalue weighted by atomic mass is 10.5. The minimum Gasteiger partial charge on any atom is -0.384 e. The Labute approximate surface area is 66.2 Å². The van der Waals surface area contributed by atoms with Crippen molar-refractivity contribution in [1.82, 2.24) is 9.97 Å². The molecule has 1 aromatic heterocycles. The standard InChI is InChI=1S/C5H4ClF2N3/c6-2-1-3(9)11-5(10-2)4(7)8/h1,4H,(H2,9,10,11). The number of hydrogen-bond donors (Lipinski definition) is 1. The zero-order chi connectivity index (χ0) is 8.43. The molecule has 0 saturated carbocycles. The highest BCUT2D eigenvalue weighted by Gasteiger charge is 2.11. The third-order valence-electron chi connectivity index (χ3n) is 0.927. The quantitative estimate of drug-likeness (QED) is 0.667. The van der Waals surface area contributed by atoms with Gasteiger partial charge >= 0.3 is 0 Å². The van der Waals surface area contributed by atoms with Crippen molar-refractivity contribution in [3.05, 3.63) is 17.0 Å². The fourth-order valence-electron chi connectivity index (χ4n) is 0.551. The summed E-state index contributed by atoms with van der Waals surface area (Å²) in [5.74, 6) is -0.699. The zero-order valence-corrected chi connectivity index (χ0v) is 6.02. The van der Waals surface area contributed by atoms with Gasteiger partial charge in [-0.25, -0.2) is 18.7 Å². The van der Waals surface area contributed by atoms with Crippen LogP contribution >= 0.6 is 11.6 Å². The fraction of sp³-hybridized carbons (Fsp3) is 0.200. The molecule has 0 atom stereocenters. The normalized spacial score (nSPS) is 10.5. The zero-order valence-electron chi connectivity index (χ0n) is 5.26. The average molecular weight is 180 g/mol. The van der Waals surface area contributed by atoms with Crippen LogP contribution in [0.5, 0.6) is 0 Å². The largest absolute Gasteiger partial charge is 0.384 e. The van der Waals surface area contributed by atoms with Gasteiger partial charge in [0.25, 0.3) is 6.43 Å². The van der Waals surface area contributed by atoms with Gasteiger partial charge in [0.1, 0.15) is 11.0 Å². The Kier molecular flexibility index (Phi) is 2.19. The lowest BCUT2D eigenvalue weighted by Crippen LogP contribution is -1.99. The Morgan fingerprint density at radius 3 is 2.55 bits per heavy atom. The van der Waals surface area contributed by atoms with Crippen molar-refractivity contribution in [2.45, 2.75) is 6.43 Å². The second-order valence-corrected chi connectivity index (χ2v) is 2.16. The lowest BCUT2D eigenvalue weighted by Gasteiger charge is -1.98. The first-order valence-electron chi connectivity index (χ1n) is 2.67. The third kappa shape index (κ3) is 1.98. The molecule has 0 saturated heterocycles. The van der Waals surface area contributed by atoms with Gasteiger partial charge in [0.15, 0.2) is 5.82 Å². The molecule has 0 fully saturated rings. The smallest absolute Gasteiger partial charge is 0.297 e. The van der Waals surface area contributed by atoms with E-state index < -0.39 is 12.2 Å². The molecule has 0 aliphatic rings. The first kappa shape index (κ1) is 8.13. The van der Waals surface area contributed by atoms with Gasteiger partial charge in [-0.3, -0.25) is 0 Å². The predicted molar refractivity (Wildman–Crippen MR) is 36.4 cm³/mol. The van der Waals surface area contributed by atoms with E-state index in [4.69, 9.17) is 17.3 Å². The minimum atomic E-state index is -2.74. The van der Waals surface area contributed by atoms with E-state index in [9.17, 15) is 8.78 Å². The van der Waals surface area contributed by atoms with Crippen LogP contribution in [0.2, 0.25) is 5.15 Å². The van der Waals surface area contributed by atoms with Crippen LogP contribution in [0.15, 0.2) is 6.07 Å². The monoisotopic (exact) mass is 179 g/mol. The van der Waals surface area contributed by atoms with Gasteiger partial charge < -0.3 is 5.73 Å². The molecule has 0 bridgehead atoms. The van der Waals surface area contributed by atoms with Crippen LogP contribution in [0.1, 0.15) is 12.2 Å². The summed E-state index contributed by atoms with van der Waals surface area (Å²) in [7, 11) is 0. The highest BCUT2D eigenvalue weighted by atomic mass is 35.5. The molecule has 0 aliphatic carbocycles. The van der Waals surface area contributed by atoms with Crippen LogP contribution in [0.4, 0.5) is 14.6 Å². The Hall–Kier alpha value is -0.970. The summed E-state index contributed by atoms with van der Waals surface area (Å²) >= 11 is 5.33. The van der Waals surface area contributed by atoms with E-state index in [-0.39, 0.29) is 11.0 Å². The number of nitrogens with zero attached hydrogens (tertiary/aromatic N) is 2. The Balaban J connectivity index is 3.08. The van der Waals surface area contributed by atoms with E-state index in [1.807, 2.05) is 0 Å². The van der Waals surface area contributed by atoms with Crippen molar-refractivity contribution in [3.63, 3.8) is 0 Å². The molecule has 60 valence electrons. The SMILES string of the molecule is Nc1cc(Cl)nc(C(F)F)n1. The molecule has 0 spiro atoms. The molecule has 2 N–H and O–H groups in total. The van der Waals surface area contributed by atoms with Gasteiger partial charge in [-0.2, -0.15) is 0 Å². The number of nitrogen functional groups attached to an aromatic ring is 1. The van der Waals surface area contributed by atoms with Crippen LogP contribution in [-0.4, -0.2) is 9.97 Å². The number of nitrogens with two attached hydrogens (primary N) is 1. The van der Waals surface area contributed by atoms with Crippen molar-refractivity contribution < 1.29 is 8.78 Å². The summed E-state index contributed by atoms with van der Waals surface area (Å²) in [5, 5.41) is -0.0761. The molecule has 6 heteroatoms. The molecule has 0 unspecified atom stereocenters. The molecule has 1 rings (SSSR count). The van der Waals surface area contributed by atoms with Crippen LogP contribution in [0.25, 0.3) is 0 Å². The second kappa shape index (κ2) is 2.96. The minimum absolute atomic E-state index is 0.0553. The summed E-state index contributed by atoms with van der Waals surface area (Å²) in [5.41, 5.74) is 5.13. The Morgan fingerprint density at radius 1 is 1.45 bits per heavy atom. The maximum Gasteiger partial charge on any atom is 0.297 e. The van der Waals surface area contributed by atoms with Gasteiger partial charge in [0, 0.05) is 6.07 Å². The number of rotatable bonds is 1. The van der Waals surface area contributed by atoms with E-state index in [0.717, 1.165) is 0 Å². The number of alkyl halides is 2. The van der Waals surface area contributed by atoms with Gasteiger partial charge in [-0.05, 0) is 0 Å². The molecule has 0 amide bonds. The molecular weight excluding hydrogens is 176 g/mol. The van der Waals surface area contributed by atoms with Crippen molar-refractivity contribution >= 4 is 17.4 Å². The summed E-state index contributed by atoms with van der Waals surface area (Å²) in [4.78, 5) is 6.52. The number of hydrogen-bond acceptors (Lipinski definition) is 3. The molecular formula is C5H4ClF2N3. The fourth-order valence-corrected chi connectivity index (χ4v) is 0.749. The van der Waals surface area contributed by atoms with Crippen molar-refractivity contribution in [2.24, 2.45) is 0 Å². The van der Waals surface area contributed by atoms with Crippen LogP contribution < -0.4 is 5.73 Å². The molecule has 0 aliphatic heterocycles. The predicted octanol–water partition coefficient (Wildman–Crippen LogP) is 1.65. The summed E-state index contributed by atoms with van der Waals surface area (Å²) in [6.07, 6.45) is -2.74.